The zero-order valence-electron chi connectivity index (χ0n) is 15.8. The number of carbonyl (C=O) groups excluding carboxylic acids is 2. The van der Waals surface area contributed by atoms with Gasteiger partial charge in [-0.25, -0.2) is 0 Å². The molecule has 0 fully saturated rings. The number of nitrogens with one attached hydrogen (secondary N) is 1. The van der Waals surface area contributed by atoms with Gasteiger partial charge in [0.2, 0.25) is 11.8 Å². The van der Waals surface area contributed by atoms with E-state index in [1.165, 1.54) is 5.56 Å². The molecule has 1 unspecified atom stereocenters. The smallest absolute Gasteiger partial charge is 0.241 e. The van der Waals surface area contributed by atoms with Gasteiger partial charge in [0.25, 0.3) is 0 Å². The van der Waals surface area contributed by atoms with Crippen LogP contribution in [0, 0.1) is 0 Å². The molecule has 27 heavy (non-hydrogen) atoms. The van der Waals surface area contributed by atoms with Crippen LogP contribution < -0.4 is 16.0 Å². The minimum Gasteiger partial charge on any atom is -0.325 e. The fraction of sp³-hybridized carbons (Fsp3) is 0.364. The summed E-state index contributed by atoms with van der Waals surface area (Å²) >= 11 is 0. The minimum atomic E-state index is -0.490. The Hall–Kier alpha value is -2.66. The lowest BCUT2D eigenvalue weighted by atomic mass is 10.0. The highest BCUT2D eigenvalue weighted by molar-refractivity contribution is 5.96. The van der Waals surface area contributed by atoms with E-state index in [9.17, 15) is 9.59 Å². The number of aryl methyl sites for hydroxylation is 1. The second-order valence-corrected chi connectivity index (χ2v) is 7.04. The molecule has 1 heterocycles. The van der Waals surface area contributed by atoms with Gasteiger partial charge in [-0.1, -0.05) is 43.7 Å². The first-order chi connectivity index (χ1) is 13.1. The van der Waals surface area contributed by atoms with Crippen LogP contribution >= 0.6 is 0 Å². The lowest BCUT2D eigenvalue weighted by molar-refractivity contribution is -0.118. The van der Waals surface area contributed by atoms with Gasteiger partial charge in [0.15, 0.2) is 0 Å². The lowest BCUT2D eigenvalue weighted by Crippen LogP contribution is -2.36. The molecule has 2 amide bonds. The second-order valence-electron chi connectivity index (χ2n) is 7.04. The van der Waals surface area contributed by atoms with Crippen LogP contribution in [0.25, 0.3) is 0 Å². The van der Waals surface area contributed by atoms with Crippen molar-refractivity contribution in [2.45, 2.75) is 45.1 Å². The molecule has 0 aromatic heterocycles. The average molecular weight is 365 g/mol. The highest BCUT2D eigenvalue weighted by Gasteiger charge is 2.22. The molecule has 3 rings (SSSR count). The number of nitrogens with two attached hydrogens (primary N) is 1. The maximum Gasteiger partial charge on any atom is 0.241 e. The number of carbonyl (C=O) groups is 2. The molecule has 0 spiro atoms. The summed E-state index contributed by atoms with van der Waals surface area (Å²) in [4.78, 5) is 26.7. The van der Waals surface area contributed by atoms with Crippen molar-refractivity contribution in [2.24, 2.45) is 5.73 Å². The lowest BCUT2D eigenvalue weighted by Gasteiger charge is -2.29. The van der Waals surface area contributed by atoms with Crippen molar-refractivity contribution >= 4 is 23.2 Å². The van der Waals surface area contributed by atoms with Gasteiger partial charge < -0.3 is 16.0 Å². The van der Waals surface area contributed by atoms with E-state index in [2.05, 4.69) is 11.4 Å². The van der Waals surface area contributed by atoms with Crippen molar-refractivity contribution in [3.63, 3.8) is 0 Å². The van der Waals surface area contributed by atoms with E-state index in [0.717, 1.165) is 37.1 Å². The Bertz CT molecular complexity index is 801. The largest absolute Gasteiger partial charge is 0.325 e. The standard InChI is InChI=1S/C22H27N3O2/c1-2-6-19(23)22(27)24-18-12-10-16(11-13-18)15-21(26)25-14-5-8-17-7-3-4-9-20(17)25/h3-4,7,9-13,19H,2,5-6,8,14-15,23H2,1H3,(H,24,27). The zero-order valence-corrected chi connectivity index (χ0v) is 15.8. The molecule has 2 aromatic carbocycles. The Morgan fingerprint density at radius 1 is 1.15 bits per heavy atom. The van der Waals surface area contributed by atoms with E-state index in [1.54, 1.807) is 0 Å². The third-order valence-corrected chi connectivity index (χ3v) is 4.92. The fourth-order valence-corrected chi connectivity index (χ4v) is 3.45. The van der Waals surface area contributed by atoms with Crippen molar-refractivity contribution in [3.8, 4) is 0 Å². The first-order valence-corrected chi connectivity index (χ1v) is 9.62. The molecule has 5 nitrogen and oxygen atoms in total. The van der Waals surface area contributed by atoms with Crippen LogP contribution in [0.1, 0.15) is 37.3 Å². The van der Waals surface area contributed by atoms with Gasteiger partial charge in [0, 0.05) is 17.9 Å². The van der Waals surface area contributed by atoms with Crippen molar-refractivity contribution in [2.75, 3.05) is 16.8 Å². The number of hydrogen-bond acceptors (Lipinski definition) is 3. The quantitative estimate of drug-likeness (QED) is 0.825. The maximum absolute atomic E-state index is 12.8. The first kappa shape index (κ1) is 19.1. The topological polar surface area (TPSA) is 75.4 Å². The average Bonchev–Trinajstić information content (AvgIpc) is 2.69. The third-order valence-electron chi connectivity index (χ3n) is 4.92. The van der Waals surface area contributed by atoms with Crippen molar-refractivity contribution < 1.29 is 9.59 Å². The Kier molecular flexibility index (Phi) is 6.24. The third kappa shape index (κ3) is 4.74. The van der Waals surface area contributed by atoms with Gasteiger partial charge in [-0.05, 0) is 48.6 Å². The van der Waals surface area contributed by atoms with Crippen LogP contribution in [-0.4, -0.2) is 24.4 Å². The summed E-state index contributed by atoms with van der Waals surface area (Å²) in [5.74, 6) is -0.0745. The number of rotatable bonds is 6. The molecular formula is C22H27N3O2. The molecule has 5 heteroatoms. The predicted molar refractivity (Wildman–Crippen MR) is 109 cm³/mol. The van der Waals surface area contributed by atoms with E-state index in [4.69, 9.17) is 5.73 Å². The highest BCUT2D eigenvalue weighted by Crippen LogP contribution is 2.27. The first-order valence-electron chi connectivity index (χ1n) is 9.62. The van der Waals surface area contributed by atoms with Crippen molar-refractivity contribution in [3.05, 3.63) is 59.7 Å². The molecular weight excluding hydrogens is 338 g/mol. The molecule has 0 saturated heterocycles. The Labute approximate surface area is 160 Å². The summed E-state index contributed by atoms with van der Waals surface area (Å²) in [7, 11) is 0. The number of hydrogen-bond donors (Lipinski definition) is 2. The zero-order chi connectivity index (χ0) is 19.2. The number of anilines is 2. The number of benzene rings is 2. The molecule has 142 valence electrons. The summed E-state index contributed by atoms with van der Waals surface area (Å²) in [6.45, 7) is 2.76. The number of nitrogens with zero attached hydrogens (tertiary/aromatic N) is 1. The molecule has 2 aromatic rings. The van der Waals surface area contributed by atoms with Gasteiger partial charge in [-0.15, -0.1) is 0 Å². The van der Waals surface area contributed by atoms with Gasteiger partial charge in [0.1, 0.15) is 0 Å². The Morgan fingerprint density at radius 2 is 1.89 bits per heavy atom. The normalized spacial score (nSPS) is 14.4. The van der Waals surface area contributed by atoms with E-state index < -0.39 is 6.04 Å². The van der Waals surface area contributed by atoms with Gasteiger partial charge in [-0.2, -0.15) is 0 Å². The fourth-order valence-electron chi connectivity index (χ4n) is 3.45. The maximum atomic E-state index is 12.8. The predicted octanol–water partition coefficient (Wildman–Crippen LogP) is 3.27. The molecule has 0 aliphatic carbocycles. The van der Waals surface area contributed by atoms with Crippen LogP contribution in [0.15, 0.2) is 48.5 Å². The van der Waals surface area contributed by atoms with E-state index in [-0.39, 0.29) is 11.8 Å². The molecule has 1 aliphatic heterocycles. The van der Waals surface area contributed by atoms with Crippen LogP contribution in [-0.2, 0) is 22.4 Å². The molecule has 3 N–H and O–H groups in total. The SMILES string of the molecule is CCCC(N)C(=O)Nc1ccc(CC(=O)N2CCCc3ccccc32)cc1. The summed E-state index contributed by atoms with van der Waals surface area (Å²) in [6.07, 6.45) is 3.89. The second kappa shape index (κ2) is 8.82. The van der Waals surface area contributed by atoms with Crippen LogP contribution in [0.2, 0.25) is 0 Å². The monoisotopic (exact) mass is 365 g/mol. The number of para-hydroxylation sites is 1. The highest BCUT2D eigenvalue weighted by atomic mass is 16.2. The molecule has 1 atom stereocenters. The molecule has 0 saturated carbocycles. The molecule has 0 radical (unpaired) electrons. The summed E-state index contributed by atoms with van der Waals surface area (Å²) < 4.78 is 0. The van der Waals surface area contributed by atoms with E-state index in [0.29, 0.717) is 18.5 Å². The minimum absolute atomic E-state index is 0.101. The molecule has 1 aliphatic rings. The van der Waals surface area contributed by atoms with E-state index >= 15 is 0 Å². The van der Waals surface area contributed by atoms with Crippen LogP contribution in [0.5, 0.6) is 0 Å². The van der Waals surface area contributed by atoms with Gasteiger partial charge >= 0.3 is 0 Å². The Morgan fingerprint density at radius 3 is 2.63 bits per heavy atom. The van der Waals surface area contributed by atoms with Gasteiger partial charge in [0.05, 0.1) is 12.5 Å². The Balaban J connectivity index is 1.62. The summed E-state index contributed by atoms with van der Waals surface area (Å²) in [6, 6.07) is 15.0. The number of amides is 2. The van der Waals surface area contributed by atoms with Crippen molar-refractivity contribution in [1.82, 2.24) is 0 Å². The molecule has 0 bridgehead atoms. The summed E-state index contributed by atoms with van der Waals surface area (Å²) in [5.41, 5.74) is 9.73. The van der Waals surface area contributed by atoms with E-state index in [1.807, 2.05) is 54.3 Å². The van der Waals surface area contributed by atoms with Crippen molar-refractivity contribution in [1.29, 1.82) is 0 Å². The summed E-state index contributed by atoms with van der Waals surface area (Å²) in [5, 5.41) is 2.82. The van der Waals surface area contributed by atoms with Crippen LogP contribution in [0.3, 0.4) is 0 Å². The van der Waals surface area contributed by atoms with Gasteiger partial charge in [-0.3, -0.25) is 9.59 Å². The van der Waals surface area contributed by atoms with Crippen LogP contribution in [0.4, 0.5) is 11.4 Å². The number of fused-ring (bicyclic) bond motifs is 1.